The Morgan fingerprint density at radius 3 is 1.61 bits per heavy atom. The molecule has 0 amide bonds. The molecule has 9 heteroatoms. The molecule has 274 valence electrons. The quantitative estimate of drug-likeness (QED) is 0.119. The largest absolute Gasteiger partial charge is 0.543 e. The molecule has 49 heavy (non-hydrogen) atoms. The minimum absolute atomic E-state index is 0.165. The van der Waals surface area contributed by atoms with Crippen LogP contribution in [0.25, 0.3) is 6.08 Å². The summed E-state index contributed by atoms with van der Waals surface area (Å²) in [6, 6.07) is 14.0. The zero-order valence-electron chi connectivity index (χ0n) is 33.0. The summed E-state index contributed by atoms with van der Waals surface area (Å²) in [6.07, 6.45) is 2.09. The average Bonchev–Trinajstić information content (AvgIpc) is 3.31. The van der Waals surface area contributed by atoms with E-state index in [0.29, 0.717) is 50.3 Å². The van der Waals surface area contributed by atoms with Crippen LogP contribution in [0.1, 0.15) is 131 Å². The molecule has 0 saturated heterocycles. The number of benzene rings is 2. The molecule has 2 aromatic rings. The van der Waals surface area contributed by atoms with Crippen molar-refractivity contribution in [3.8, 4) is 11.5 Å². The second kappa shape index (κ2) is 16.6. The molecular weight excluding hydrogens is 664 g/mol. The van der Waals surface area contributed by atoms with Crippen molar-refractivity contribution in [2.45, 2.75) is 149 Å². The highest BCUT2D eigenvalue weighted by Gasteiger charge is 2.56. The first-order valence-electron chi connectivity index (χ1n) is 18.6. The molecule has 0 heterocycles. The number of ketones is 1. The number of fused-ring (bicyclic) bond motifs is 1. The van der Waals surface area contributed by atoms with Gasteiger partial charge >= 0.3 is 7.60 Å². The lowest BCUT2D eigenvalue weighted by Crippen LogP contribution is -2.51. The number of carbonyl (C=O) groups excluding carboxylic acids is 1. The Morgan fingerprint density at radius 1 is 0.735 bits per heavy atom. The van der Waals surface area contributed by atoms with Gasteiger partial charge in [-0.3, -0.25) is 9.36 Å². The van der Waals surface area contributed by atoms with E-state index in [-0.39, 0.29) is 19.0 Å². The smallest absolute Gasteiger partial charge is 0.342 e. The summed E-state index contributed by atoms with van der Waals surface area (Å²) in [6.45, 7) is 33.1. The number of hydrogen-bond donors (Lipinski definition) is 0. The highest BCUT2D eigenvalue weighted by Crippen LogP contribution is 2.64. The number of Topliss-reactive ketones (excluding diaryl/α,β-unsaturated/α-hetero) is 1. The normalized spacial score (nSPS) is 17.7. The van der Waals surface area contributed by atoms with Crippen LogP contribution in [0.5, 0.6) is 11.5 Å². The molecule has 1 aliphatic rings. The summed E-state index contributed by atoms with van der Waals surface area (Å²) in [7, 11) is -8.85. The third kappa shape index (κ3) is 7.94. The van der Waals surface area contributed by atoms with Crippen molar-refractivity contribution in [2.24, 2.45) is 0 Å². The molecule has 6 nitrogen and oxygen atoms in total. The van der Waals surface area contributed by atoms with Gasteiger partial charge in [-0.2, -0.15) is 0 Å². The van der Waals surface area contributed by atoms with E-state index in [1.807, 2.05) is 43.3 Å². The van der Waals surface area contributed by atoms with E-state index in [0.717, 1.165) is 16.7 Å². The summed E-state index contributed by atoms with van der Waals surface area (Å²) in [5, 5.41) is 0. The SMILES string of the molecule is CCOP(=O)(OCC)[C@@H]1C(=O)c2cc(O[Si](C(C)C)(C(C)C)C(C)C)cc(O[Si](C(C)C)(C(C)C)C(C)C)c2[C@H]1/C(C)=C/c1ccccc1. The number of carbonyl (C=O) groups is 1. The molecule has 0 spiro atoms. The van der Waals surface area contributed by atoms with E-state index >= 15 is 0 Å². The molecule has 2 aromatic carbocycles. The molecule has 0 aliphatic heterocycles. The maximum absolute atomic E-state index is 15.0. The summed E-state index contributed by atoms with van der Waals surface area (Å²) >= 11 is 0. The monoisotopic (exact) mass is 728 g/mol. The van der Waals surface area contributed by atoms with Crippen LogP contribution in [0, 0.1) is 0 Å². The second-order valence-corrected chi connectivity index (χ2v) is 28.6. The second-order valence-electron chi connectivity index (χ2n) is 15.7. The Balaban J connectivity index is 2.51. The van der Waals surface area contributed by atoms with E-state index in [1.165, 1.54) is 0 Å². The van der Waals surface area contributed by atoms with Crippen molar-refractivity contribution >= 4 is 36.1 Å². The van der Waals surface area contributed by atoms with Gasteiger partial charge in [-0.15, -0.1) is 0 Å². The Morgan fingerprint density at radius 2 is 1.18 bits per heavy atom. The third-order valence-electron chi connectivity index (χ3n) is 10.9. The molecule has 0 saturated carbocycles. The minimum Gasteiger partial charge on any atom is -0.543 e. The standard InChI is InChI=1S/C40H65O6PSi2/c1-16-43-47(42,44-17-2)40-37(32(15)23-33-21-19-18-20-22-33)38-35(39(40)41)24-34(45-48(26(3)4,27(5)6)28(7)8)25-36(38)46-49(29(9)10,30(11)12)31(13)14/h18-31,37,40H,16-17H2,1-15H3/b32-23+/t37-,40+/m1/s1. The zero-order valence-corrected chi connectivity index (χ0v) is 35.9. The van der Waals surface area contributed by atoms with E-state index < -0.39 is 35.8 Å². The molecule has 0 radical (unpaired) electrons. The topological polar surface area (TPSA) is 71.1 Å². The Kier molecular flexibility index (Phi) is 14.0. The maximum Gasteiger partial charge on any atom is 0.342 e. The van der Waals surface area contributed by atoms with E-state index in [9.17, 15) is 9.36 Å². The molecule has 0 N–H and O–H groups in total. The molecule has 0 unspecified atom stereocenters. The molecule has 0 bridgehead atoms. The van der Waals surface area contributed by atoms with Crippen LogP contribution < -0.4 is 8.85 Å². The maximum atomic E-state index is 15.0. The summed E-state index contributed by atoms with van der Waals surface area (Å²) in [4.78, 5) is 15.0. The van der Waals surface area contributed by atoms with Gasteiger partial charge in [0.2, 0.25) is 0 Å². The molecule has 0 aromatic heterocycles. The Bertz CT molecular complexity index is 1440. The van der Waals surface area contributed by atoms with Crippen LogP contribution in [0.15, 0.2) is 48.0 Å². The van der Waals surface area contributed by atoms with Crippen LogP contribution in [0.3, 0.4) is 0 Å². The first kappa shape index (κ1) is 41.5. The van der Waals surface area contributed by atoms with E-state index in [2.05, 4.69) is 95.2 Å². The highest BCUT2D eigenvalue weighted by molar-refractivity contribution is 7.56. The molecule has 2 atom stereocenters. The van der Waals surface area contributed by atoms with Gasteiger partial charge in [0.25, 0.3) is 16.6 Å². The Hall–Kier alpha value is -1.97. The lowest BCUT2D eigenvalue weighted by molar-refractivity contribution is 0.0975. The minimum atomic E-state index is -3.92. The summed E-state index contributed by atoms with van der Waals surface area (Å²) in [5.74, 6) is 0.528. The average molecular weight is 729 g/mol. The predicted octanol–water partition coefficient (Wildman–Crippen LogP) is 12.8. The van der Waals surface area contributed by atoms with Crippen molar-refractivity contribution in [3.63, 3.8) is 0 Å². The van der Waals surface area contributed by atoms with Crippen molar-refractivity contribution < 1.29 is 27.3 Å². The summed E-state index contributed by atoms with van der Waals surface area (Å²) < 4.78 is 41.6. The Labute approximate surface area is 300 Å². The van der Waals surface area contributed by atoms with Gasteiger partial charge in [0, 0.05) is 23.1 Å². The fourth-order valence-corrected chi connectivity index (χ4v) is 21.9. The molecule has 3 rings (SSSR count). The highest BCUT2D eigenvalue weighted by atomic mass is 31.2. The molecular formula is C40H65O6PSi2. The van der Waals surface area contributed by atoms with Crippen LogP contribution in [-0.4, -0.2) is 41.3 Å². The van der Waals surface area contributed by atoms with Gasteiger partial charge in [-0.05, 0) is 65.6 Å². The van der Waals surface area contributed by atoms with Gasteiger partial charge in [0.1, 0.15) is 17.2 Å². The first-order valence-corrected chi connectivity index (χ1v) is 24.5. The zero-order chi connectivity index (χ0) is 37.1. The van der Waals surface area contributed by atoms with Gasteiger partial charge in [-0.1, -0.05) is 125 Å². The number of allylic oxidation sites excluding steroid dienone is 1. The number of hydrogen-bond acceptors (Lipinski definition) is 6. The van der Waals surface area contributed by atoms with Gasteiger partial charge < -0.3 is 17.9 Å². The fourth-order valence-electron chi connectivity index (χ4n) is 9.10. The van der Waals surface area contributed by atoms with Crippen molar-refractivity contribution in [1.29, 1.82) is 0 Å². The lowest BCUT2D eigenvalue weighted by Gasteiger charge is -2.44. The van der Waals surface area contributed by atoms with Gasteiger partial charge in [-0.25, -0.2) is 0 Å². The van der Waals surface area contributed by atoms with Crippen molar-refractivity contribution in [1.82, 2.24) is 0 Å². The van der Waals surface area contributed by atoms with Crippen LogP contribution >= 0.6 is 7.60 Å². The van der Waals surface area contributed by atoms with Gasteiger partial charge in [0.05, 0.1) is 13.2 Å². The fraction of sp³-hybridized carbons (Fsp3) is 0.625. The van der Waals surface area contributed by atoms with E-state index in [1.54, 1.807) is 13.8 Å². The van der Waals surface area contributed by atoms with Crippen LogP contribution in [0.4, 0.5) is 0 Å². The van der Waals surface area contributed by atoms with Crippen molar-refractivity contribution in [2.75, 3.05) is 13.2 Å². The molecule has 0 fully saturated rings. The predicted molar refractivity (Wildman–Crippen MR) is 212 cm³/mol. The first-order chi connectivity index (χ1) is 22.8. The third-order valence-corrected chi connectivity index (χ3v) is 25.4. The van der Waals surface area contributed by atoms with Crippen molar-refractivity contribution in [3.05, 3.63) is 64.7 Å². The van der Waals surface area contributed by atoms with Gasteiger partial charge in [0.15, 0.2) is 5.78 Å². The lowest BCUT2D eigenvalue weighted by atomic mass is 9.91. The van der Waals surface area contributed by atoms with Crippen LogP contribution in [0.2, 0.25) is 33.2 Å². The number of rotatable bonds is 17. The molecule has 1 aliphatic carbocycles. The van der Waals surface area contributed by atoms with Crippen LogP contribution in [-0.2, 0) is 13.6 Å². The van der Waals surface area contributed by atoms with E-state index in [4.69, 9.17) is 17.9 Å². The summed E-state index contributed by atoms with van der Waals surface area (Å²) in [5.41, 5.74) is 4.05.